The fourth-order valence-electron chi connectivity index (χ4n) is 0.665. The Kier molecular flexibility index (Phi) is 5.38. The lowest BCUT2D eigenvalue weighted by atomic mass is 10.2. The molecule has 0 saturated heterocycles. The zero-order chi connectivity index (χ0) is 9.40. The van der Waals surface area contributed by atoms with Gasteiger partial charge in [-0.15, -0.1) is 0 Å². The molecular weight excluding hydrogens is 152 g/mol. The predicted molar refractivity (Wildman–Crippen MR) is 52.0 cm³/mol. The van der Waals surface area contributed by atoms with E-state index in [-0.39, 0.29) is 0 Å². The van der Waals surface area contributed by atoms with E-state index >= 15 is 0 Å². The predicted octanol–water partition coefficient (Wildman–Crippen LogP) is 0.410. The van der Waals surface area contributed by atoms with Crippen LogP contribution in [0.15, 0.2) is 40.8 Å². The van der Waals surface area contributed by atoms with Crippen LogP contribution in [-0.2, 0) is 0 Å². The number of hydrazine groups is 1. The molecule has 4 heteroatoms. The van der Waals surface area contributed by atoms with E-state index in [2.05, 4.69) is 17.1 Å². The molecule has 5 N–H and O–H groups in total. The molecular formula is C8H14N4. The molecule has 0 unspecified atom stereocenters. The number of nitrogens with one attached hydrogen (secondary N) is 1. The summed E-state index contributed by atoms with van der Waals surface area (Å²) in [6.45, 7) is 5.22. The molecule has 12 heavy (non-hydrogen) atoms. The Bertz CT molecular complexity index is 225. The van der Waals surface area contributed by atoms with Gasteiger partial charge in [-0.1, -0.05) is 12.2 Å². The van der Waals surface area contributed by atoms with Crippen molar-refractivity contribution in [3.05, 3.63) is 35.8 Å². The van der Waals surface area contributed by atoms with Crippen molar-refractivity contribution in [2.24, 2.45) is 16.6 Å². The highest BCUT2D eigenvalue weighted by Crippen LogP contribution is 2.04. The Morgan fingerprint density at radius 2 is 2.25 bits per heavy atom. The number of hydrogen-bond acceptors (Lipinski definition) is 4. The van der Waals surface area contributed by atoms with E-state index in [1.165, 1.54) is 6.20 Å². The Balaban J connectivity index is 4.62. The number of rotatable bonds is 4. The first kappa shape index (κ1) is 10.4. The summed E-state index contributed by atoms with van der Waals surface area (Å²) in [7, 11) is 0. The highest BCUT2D eigenvalue weighted by Gasteiger charge is 1.93. The molecule has 0 aliphatic rings. The molecule has 0 spiro atoms. The smallest absolute Gasteiger partial charge is 0.0577 e. The van der Waals surface area contributed by atoms with E-state index in [1.54, 1.807) is 6.20 Å². The third-order valence-electron chi connectivity index (χ3n) is 1.15. The molecule has 0 saturated carbocycles. The van der Waals surface area contributed by atoms with Crippen molar-refractivity contribution in [3.8, 4) is 0 Å². The molecule has 0 fully saturated rings. The number of aliphatic imine (C=N–C) groups is 1. The Morgan fingerprint density at radius 3 is 2.67 bits per heavy atom. The van der Waals surface area contributed by atoms with Crippen molar-refractivity contribution in [2.75, 3.05) is 0 Å². The molecule has 0 aromatic carbocycles. The summed E-state index contributed by atoms with van der Waals surface area (Å²) < 4.78 is 0. The maximum absolute atomic E-state index is 5.61. The first-order valence-corrected chi connectivity index (χ1v) is 3.47. The van der Waals surface area contributed by atoms with Gasteiger partial charge in [0.2, 0.25) is 0 Å². The summed E-state index contributed by atoms with van der Waals surface area (Å²) in [5.41, 5.74) is 9.24. The molecule has 0 radical (unpaired) electrons. The number of nitrogens with two attached hydrogens (primary N) is 2. The van der Waals surface area contributed by atoms with Gasteiger partial charge < -0.3 is 11.2 Å². The van der Waals surface area contributed by atoms with Gasteiger partial charge in [-0.3, -0.25) is 10.8 Å². The standard InChI is InChI=1S/C8H14N4/c1-3-4-7(5-11-2)8(9)6-12-10/h3-6,12H,2,9-10H2,1H3/b4-3-,7-5+,8-6-. The van der Waals surface area contributed by atoms with Gasteiger partial charge in [0.25, 0.3) is 0 Å². The van der Waals surface area contributed by atoms with Gasteiger partial charge in [-0.05, 0) is 13.6 Å². The van der Waals surface area contributed by atoms with E-state index in [0.717, 1.165) is 5.57 Å². The fraction of sp³-hybridized carbons (Fsp3) is 0.125. The lowest BCUT2D eigenvalue weighted by Crippen LogP contribution is -2.17. The van der Waals surface area contributed by atoms with Crippen LogP contribution in [0.3, 0.4) is 0 Å². The fourth-order valence-corrected chi connectivity index (χ4v) is 0.665. The molecule has 0 aromatic rings. The average Bonchev–Trinajstić information content (AvgIpc) is 2.04. The van der Waals surface area contributed by atoms with Crippen LogP contribution in [0, 0.1) is 0 Å². The largest absolute Gasteiger partial charge is 0.397 e. The summed E-state index contributed by atoms with van der Waals surface area (Å²) in [5, 5.41) is 0. The van der Waals surface area contributed by atoms with Gasteiger partial charge in [-0.2, -0.15) is 0 Å². The molecule has 0 aliphatic carbocycles. The van der Waals surface area contributed by atoms with Gasteiger partial charge >= 0.3 is 0 Å². The van der Waals surface area contributed by atoms with Crippen molar-refractivity contribution in [1.82, 2.24) is 5.43 Å². The van der Waals surface area contributed by atoms with Crippen molar-refractivity contribution in [3.63, 3.8) is 0 Å². The maximum Gasteiger partial charge on any atom is 0.0577 e. The number of hydrogen-bond donors (Lipinski definition) is 3. The van der Waals surface area contributed by atoms with Gasteiger partial charge in [-0.25, -0.2) is 0 Å². The van der Waals surface area contributed by atoms with Crippen molar-refractivity contribution >= 4 is 6.72 Å². The molecule has 0 bridgehead atoms. The second-order valence-electron chi connectivity index (χ2n) is 2.03. The molecule has 0 amide bonds. The van der Waals surface area contributed by atoms with E-state index < -0.39 is 0 Å². The summed E-state index contributed by atoms with van der Waals surface area (Å²) in [6.07, 6.45) is 6.71. The monoisotopic (exact) mass is 166 g/mol. The van der Waals surface area contributed by atoms with Crippen LogP contribution in [0.2, 0.25) is 0 Å². The lowest BCUT2D eigenvalue weighted by Gasteiger charge is -2.00. The van der Waals surface area contributed by atoms with Crippen molar-refractivity contribution < 1.29 is 0 Å². The summed E-state index contributed by atoms with van der Waals surface area (Å²) in [4.78, 5) is 3.61. The topological polar surface area (TPSA) is 76.4 Å². The summed E-state index contributed by atoms with van der Waals surface area (Å²) in [6, 6.07) is 0. The van der Waals surface area contributed by atoms with Gasteiger partial charge in [0.1, 0.15) is 0 Å². The molecule has 0 atom stereocenters. The van der Waals surface area contributed by atoms with Crippen LogP contribution >= 0.6 is 0 Å². The Morgan fingerprint density at radius 1 is 1.58 bits per heavy atom. The van der Waals surface area contributed by atoms with Crippen LogP contribution < -0.4 is 17.0 Å². The molecule has 66 valence electrons. The van der Waals surface area contributed by atoms with Crippen LogP contribution in [0.25, 0.3) is 0 Å². The zero-order valence-corrected chi connectivity index (χ0v) is 7.12. The van der Waals surface area contributed by atoms with E-state index in [0.29, 0.717) is 5.70 Å². The molecule has 0 aromatic heterocycles. The second kappa shape index (κ2) is 6.18. The quantitative estimate of drug-likeness (QED) is 0.245. The van der Waals surface area contributed by atoms with Gasteiger partial charge in [0.05, 0.1) is 5.70 Å². The number of allylic oxidation sites excluding steroid dienone is 2. The SMILES string of the molecule is C=N/C=C(\C=C/C)C(/N)=C/NN. The zero-order valence-electron chi connectivity index (χ0n) is 7.12. The van der Waals surface area contributed by atoms with Crippen LogP contribution in [-0.4, -0.2) is 6.72 Å². The van der Waals surface area contributed by atoms with Gasteiger partial charge in [0.15, 0.2) is 0 Å². The van der Waals surface area contributed by atoms with E-state index in [9.17, 15) is 0 Å². The summed E-state index contributed by atoms with van der Waals surface area (Å²) in [5.74, 6) is 5.06. The van der Waals surface area contributed by atoms with Crippen LogP contribution in [0.1, 0.15) is 6.92 Å². The highest BCUT2D eigenvalue weighted by molar-refractivity contribution is 5.39. The van der Waals surface area contributed by atoms with E-state index in [4.69, 9.17) is 11.6 Å². The van der Waals surface area contributed by atoms with E-state index in [1.807, 2.05) is 19.1 Å². The average molecular weight is 166 g/mol. The first-order chi connectivity index (χ1) is 5.76. The molecule has 0 aliphatic heterocycles. The molecule has 4 nitrogen and oxygen atoms in total. The minimum atomic E-state index is 0.517. The lowest BCUT2D eigenvalue weighted by molar-refractivity contribution is 0.950. The summed E-state index contributed by atoms with van der Waals surface area (Å²) >= 11 is 0. The first-order valence-electron chi connectivity index (χ1n) is 3.47. The maximum atomic E-state index is 5.61. The van der Waals surface area contributed by atoms with Crippen LogP contribution in [0.5, 0.6) is 0 Å². The number of nitrogens with zero attached hydrogens (tertiary/aromatic N) is 1. The highest BCUT2D eigenvalue weighted by atomic mass is 15.2. The normalized spacial score (nSPS) is 13.5. The van der Waals surface area contributed by atoms with Crippen molar-refractivity contribution in [2.45, 2.75) is 6.92 Å². The minimum Gasteiger partial charge on any atom is -0.397 e. The minimum absolute atomic E-state index is 0.517. The molecule has 0 heterocycles. The third-order valence-corrected chi connectivity index (χ3v) is 1.15. The van der Waals surface area contributed by atoms with Crippen molar-refractivity contribution in [1.29, 1.82) is 0 Å². The molecule has 0 rings (SSSR count). The third kappa shape index (κ3) is 3.58. The van der Waals surface area contributed by atoms with Gasteiger partial charge in [0, 0.05) is 18.0 Å². The second-order valence-corrected chi connectivity index (χ2v) is 2.03. The Hall–Kier alpha value is -1.55. The van der Waals surface area contributed by atoms with Crippen LogP contribution in [0.4, 0.5) is 0 Å². The Labute approximate surface area is 72.3 Å².